The Hall–Kier alpha value is -1.06. The Morgan fingerprint density at radius 2 is 2.28 bits per heavy atom. The summed E-state index contributed by atoms with van der Waals surface area (Å²) in [5, 5.41) is 3.40. The van der Waals surface area contributed by atoms with Crippen molar-refractivity contribution in [2.75, 3.05) is 13.1 Å². The molecule has 0 saturated carbocycles. The van der Waals surface area contributed by atoms with Crippen LogP contribution in [0.3, 0.4) is 0 Å². The van der Waals surface area contributed by atoms with Crippen LogP contribution in [0.1, 0.15) is 38.5 Å². The highest BCUT2D eigenvalue weighted by Gasteiger charge is 2.12. The lowest BCUT2D eigenvalue weighted by atomic mass is 10.1. The maximum absolute atomic E-state index is 5.63. The van der Waals surface area contributed by atoms with Gasteiger partial charge in [-0.05, 0) is 19.4 Å². The van der Waals surface area contributed by atoms with Crippen molar-refractivity contribution in [2.24, 2.45) is 0 Å². The van der Waals surface area contributed by atoms with E-state index in [-0.39, 0.29) is 0 Å². The first kappa shape index (κ1) is 13.4. The van der Waals surface area contributed by atoms with Gasteiger partial charge in [-0.25, -0.2) is 0 Å². The van der Waals surface area contributed by atoms with Gasteiger partial charge in [-0.3, -0.25) is 4.90 Å². The lowest BCUT2D eigenvalue weighted by Crippen LogP contribution is -2.28. The molecule has 3 nitrogen and oxygen atoms in total. The molecule has 0 aliphatic carbocycles. The standard InChI is InChI=1S/C15H24N2O/c1-12(2)16-8-14-7-15(18-11-14)10-17-6-4-5-13(3)9-17/h5,7,11-12,16H,4,6,8-10H2,1-3H3. The Kier molecular flexibility index (Phi) is 4.61. The summed E-state index contributed by atoms with van der Waals surface area (Å²) in [7, 11) is 0. The van der Waals surface area contributed by atoms with Gasteiger partial charge in [0.1, 0.15) is 5.76 Å². The third-order valence-corrected chi connectivity index (χ3v) is 3.21. The summed E-state index contributed by atoms with van der Waals surface area (Å²) in [5.74, 6) is 1.07. The van der Waals surface area contributed by atoms with Crippen LogP contribution < -0.4 is 5.32 Å². The largest absolute Gasteiger partial charge is 0.468 e. The maximum atomic E-state index is 5.63. The minimum absolute atomic E-state index is 0.512. The van der Waals surface area contributed by atoms with Gasteiger partial charge >= 0.3 is 0 Å². The molecule has 18 heavy (non-hydrogen) atoms. The van der Waals surface area contributed by atoms with E-state index in [0.717, 1.165) is 38.4 Å². The van der Waals surface area contributed by atoms with Crippen molar-refractivity contribution in [3.05, 3.63) is 35.3 Å². The van der Waals surface area contributed by atoms with Gasteiger partial charge in [0.15, 0.2) is 0 Å². The van der Waals surface area contributed by atoms with Crippen molar-refractivity contribution >= 4 is 0 Å². The molecule has 0 atom stereocenters. The second kappa shape index (κ2) is 6.21. The monoisotopic (exact) mass is 248 g/mol. The molecule has 0 bridgehead atoms. The van der Waals surface area contributed by atoms with Crippen LogP contribution in [-0.2, 0) is 13.1 Å². The summed E-state index contributed by atoms with van der Waals surface area (Å²) in [4.78, 5) is 2.44. The van der Waals surface area contributed by atoms with Crippen LogP contribution in [0.2, 0.25) is 0 Å². The van der Waals surface area contributed by atoms with Crippen LogP contribution >= 0.6 is 0 Å². The summed E-state index contributed by atoms with van der Waals surface area (Å²) in [6, 6.07) is 2.68. The second-order valence-corrected chi connectivity index (χ2v) is 5.51. The Labute approximate surface area is 110 Å². The topological polar surface area (TPSA) is 28.4 Å². The molecule has 0 spiro atoms. The van der Waals surface area contributed by atoms with Crippen molar-refractivity contribution in [1.29, 1.82) is 0 Å². The molecular formula is C15H24N2O. The van der Waals surface area contributed by atoms with Gasteiger partial charge < -0.3 is 9.73 Å². The molecule has 2 rings (SSSR count). The van der Waals surface area contributed by atoms with Crippen molar-refractivity contribution in [1.82, 2.24) is 10.2 Å². The fourth-order valence-corrected chi connectivity index (χ4v) is 2.27. The number of nitrogens with zero attached hydrogens (tertiary/aromatic N) is 1. The molecule has 0 saturated heterocycles. The molecule has 1 aromatic rings. The van der Waals surface area contributed by atoms with Gasteiger partial charge in [0.05, 0.1) is 12.8 Å². The molecule has 0 fully saturated rings. The van der Waals surface area contributed by atoms with Crippen molar-refractivity contribution in [2.45, 2.75) is 46.3 Å². The predicted octanol–water partition coefficient (Wildman–Crippen LogP) is 2.93. The van der Waals surface area contributed by atoms with E-state index >= 15 is 0 Å². The van der Waals surface area contributed by atoms with Crippen LogP contribution in [0.15, 0.2) is 28.4 Å². The summed E-state index contributed by atoms with van der Waals surface area (Å²) >= 11 is 0. The highest BCUT2D eigenvalue weighted by atomic mass is 16.3. The summed E-state index contributed by atoms with van der Waals surface area (Å²) in [5.41, 5.74) is 2.71. The van der Waals surface area contributed by atoms with E-state index in [2.05, 4.69) is 43.1 Å². The lowest BCUT2D eigenvalue weighted by molar-refractivity contribution is 0.258. The van der Waals surface area contributed by atoms with Crippen LogP contribution in [0.4, 0.5) is 0 Å². The van der Waals surface area contributed by atoms with E-state index in [1.165, 1.54) is 11.1 Å². The van der Waals surface area contributed by atoms with Crippen molar-refractivity contribution in [3.8, 4) is 0 Å². The molecule has 1 aromatic heterocycles. The number of rotatable bonds is 5. The Bertz CT molecular complexity index is 406. The molecule has 0 unspecified atom stereocenters. The Morgan fingerprint density at radius 1 is 1.44 bits per heavy atom. The van der Waals surface area contributed by atoms with Crippen LogP contribution in [0.25, 0.3) is 0 Å². The van der Waals surface area contributed by atoms with E-state index in [1.54, 1.807) is 0 Å². The van der Waals surface area contributed by atoms with Crippen LogP contribution in [0.5, 0.6) is 0 Å². The van der Waals surface area contributed by atoms with Crippen molar-refractivity contribution in [3.63, 3.8) is 0 Å². The lowest BCUT2D eigenvalue weighted by Gasteiger charge is -2.24. The number of nitrogens with one attached hydrogen (secondary N) is 1. The second-order valence-electron chi connectivity index (χ2n) is 5.51. The first-order valence-corrected chi connectivity index (χ1v) is 6.81. The molecule has 1 aliphatic heterocycles. The molecule has 2 heterocycles. The molecule has 0 amide bonds. The summed E-state index contributed by atoms with van der Waals surface area (Å²) in [6.07, 6.45) is 5.36. The van der Waals surface area contributed by atoms with Gasteiger partial charge in [0.2, 0.25) is 0 Å². The van der Waals surface area contributed by atoms with Crippen molar-refractivity contribution < 1.29 is 4.42 Å². The Morgan fingerprint density at radius 3 is 3.00 bits per heavy atom. The number of furan rings is 1. The maximum Gasteiger partial charge on any atom is 0.118 e. The fourth-order valence-electron chi connectivity index (χ4n) is 2.27. The van der Waals surface area contributed by atoms with E-state index in [4.69, 9.17) is 4.42 Å². The smallest absolute Gasteiger partial charge is 0.118 e. The van der Waals surface area contributed by atoms with Gasteiger partial charge in [-0.1, -0.05) is 25.5 Å². The number of hydrogen-bond acceptors (Lipinski definition) is 3. The average molecular weight is 248 g/mol. The minimum Gasteiger partial charge on any atom is -0.468 e. The zero-order valence-corrected chi connectivity index (χ0v) is 11.7. The molecule has 1 N–H and O–H groups in total. The normalized spacial score (nSPS) is 17.2. The molecule has 1 aliphatic rings. The SMILES string of the molecule is CC1=CCCN(Cc2cc(CNC(C)C)co2)C1. The molecule has 0 radical (unpaired) electrons. The van der Waals surface area contributed by atoms with E-state index in [9.17, 15) is 0 Å². The fraction of sp³-hybridized carbons (Fsp3) is 0.600. The van der Waals surface area contributed by atoms with Crippen LogP contribution in [-0.4, -0.2) is 24.0 Å². The van der Waals surface area contributed by atoms with Gasteiger partial charge in [0.25, 0.3) is 0 Å². The molecule has 100 valence electrons. The molecular weight excluding hydrogens is 224 g/mol. The third-order valence-electron chi connectivity index (χ3n) is 3.21. The molecule has 0 aromatic carbocycles. The zero-order valence-electron chi connectivity index (χ0n) is 11.7. The predicted molar refractivity (Wildman–Crippen MR) is 74.3 cm³/mol. The highest BCUT2D eigenvalue weighted by Crippen LogP contribution is 2.15. The first-order chi connectivity index (χ1) is 8.63. The van der Waals surface area contributed by atoms with Gasteiger partial charge in [-0.15, -0.1) is 0 Å². The Balaban J connectivity index is 1.84. The van der Waals surface area contributed by atoms with Gasteiger partial charge in [-0.2, -0.15) is 0 Å². The average Bonchev–Trinajstić information content (AvgIpc) is 2.74. The summed E-state index contributed by atoms with van der Waals surface area (Å²) in [6.45, 7) is 10.5. The molecule has 3 heteroatoms. The van der Waals surface area contributed by atoms with E-state index < -0.39 is 0 Å². The van der Waals surface area contributed by atoms with Gasteiger partial charge in [0, 0.05) is 31.2 Å². The third kappa shape index (κ3) is 4.00. The van der Waals surface area contributed by atoms with E-state index in [0.29, 0.717) is 6.04 Å². The minimum atomic E-state index is 0.512. The number of hydrogen-bond donors (Lipinski definition) is 1. The quantitative estimate of drug-likeness (QED) is 0.812. The van der Waals surface area contributed by atoms with E-state index in [1.807, 2.05) is 6.26 Å². The highest BCUT2D eigenvalue weighted by molar-refractivity contribution is 5.13. The zero-order chi connectivity index (χ0) is 13.0. The first-order valence-electron chi connectivity index (χ1n) is 6.81. The van der Waals surface area contributed by atoms with Crippen LogP contribution in [0, 0.1) is 0 Å². The summed E-state index contributed by atoms with van der Waals surface area (Å²) < 4.78 is 5.63.